The summed E-state index contributed by atoms with van der Waals surface area (Å²) < 4.78 is 0.930. The number of anilines is 1. The minimum atomic E-state index is -0.256. The van der Waals surface area contributed by atoms with Crippen LogP contribution in [0.15, 0.2) is 28.7 Å². The van der Waals surface area contributed by atoms with Crippen LogP contribution in [0.3, 0.4) is 0 Å². The van der Waals surface area contributed by atoms with Crippen molar-refractivity contribution < 1.29 is 9.59 Å². The minimum absolute atomic E-state index is 0. The maximum atomic E-state index is 12.4. The molecule has 3 rings (SSSR count). The number of nitrogens with one attached hydrogen (secondary N) is 2. The number of benzene rings is 1. The van der Waals surface area contributed by atoms with Crippen molar-refractivity contribution in [3.63, 3.8) is 0 Å². The van der Waals surface area contributed by atoms with Crippen molar-refractivity contribution in [3.05, 3.63) is 28.7 Å². The Morgan fingerprint density at radius 3 is 2.91 bits per heavy atom. The Hall–Kier alpha value is -1.11. The minimum Gasteiger partial charge on any atom is -0.352 e. The van der Waals surface area contributed by atoms with Crippen molar-refractivity contribution in [2.45, 2.75) is 25.3 Å². The molecule has 1 aromatic carbocycles. The topological polar surface area (TPSA) is 61.4 Å². The molecule has 2 N–H and O–H groups in total. The molecule has 2 aliphatic rings. The standard InChI is InChI=1S/C16H20BrN3O2.ClH/c17-12-3-1-5-14(8-12)20-10-11(7-15(20)21)16(22)19-13-4-2-6-18-9-13;/h1,3,5,8,11,13,18H,2,4,6-7,9-10H2,(H,19,22);1H/t11?,13-;/m0./s1. The number of carbonyl (C=O) groups is 2. The Kier molecular flexibility index (Phi) is 6.44. The molecule has 0 saturated carbocycles. The zero-order valence-electron chi connectivity index (χ0n) is 12.8. The summed E-state index contributed by atoms with van der Waals surface area (Å²) in [5.74, 6) is -0.243. The molecule has 126 valence electrons. The van der Waals surface area contributed by atoms with Gasteiger partial charge in [0.25, 0.3) is 0 Å². The van der Waals surface area contributed by atoms with Crippen LogP contribution in [0.2, 0.25) is 0 Å². The van der Waals surface area contributed by atoms with Gasteiger partial charge in [-0.15, -0.1) is 12.4 Å². The van der Waals surface area contributed by atoms with Gasteiger partial charge in [-0.2, -0.15) is 0 Å². The largest absolute Gasteiger partial charge is 0.352 e. The van der Waals surface area contributed by atoms with Gasteiger partial charge in [0.2, 0.25) is 11.8 Å². The van der Waals surface area contributed by atoms with Gasteiger partial charge in [-0.3, -0.25) is 9.59 Å². The average molecular weight is 403 g/mol. The summed E-state index contributed by atoms with van der Waals surface area (Å²) in [6.45, 7) is 2.30. The first kappa shape index (κ1) is 18.2. The van der Waals surface area contributed by atoms with E-state index in [9.17, 15) is 9.59 Å². The second-order valence-corrected chi connectivity index (χ2v) is 6.85. The fourth-order valence-electron chi connectivity index (χ4n) is 3.07. The molecule has 0 aromatic heterocycles. The molecular formula is C16H21BrClN3O2. The Morgan fingerprint density at radius 2 is 2.22 bits per heavy atom. The van der Waals surface area contributed by atoms with E-state index in [1.807, 2.05) is 24.3 Å². The lowest BCUT2D eigenvalue weighted by atomic mass is 10.0. The zero-order chi connectivity index (χ0) is 15.5. The maximum Gasteiger partial charge on any atom is 0.227 e. The summed E-state index contributed by atoms with van der Waals surface area (Å²) >= 11 is 3.41. The smallest absolute Gasteiger partial charge is 0.227 e. The molecule has 2 amide bonds. The van der Waals surface area contributed by atoms with Crippen LogP contribution in [0.25, 0.3) is 0 Å². The Bertz CT molecular complexity index is 578. The molecule has 0 aliphatic carbocycles. The first-order valence-electron chi connectivity index (χ1n) is 7.70. The summed E-state index contributed by atoms with van der Waals surface area (Å²) in [4.78, 5) is 26.3. The molecule has 7 heteroatoms. The quantitative estimate of drug-likeness (QED) is 0.814. The predicted octanol–water partition coefficient (Wildman–Crippen LogP) is 2.09. The monoisotopic (exact) mass is 401 g/mol. The van der Waals surface area contributed by atoms with E-state index in [4.69, 9.17) is 0 Å². The number of rotatable bonds is 3. The van der Waals surface area contributed by atoms with Crippen LogP contribution in [-0.2, 0) is 9.59 Å². The van der Waals surface area contributed by atoms with Crippen molar-refractivity contribution in [1.29, 1.82) is 0 Å². The van der Waals surface area contributed by atoms with Crippen molar-refractivity contribution in [2.75, 3.05) is 24.5 Å². The van der Waals surface area contributed by atoms with Crippen LogP contribution in [0.1, 0.15) is 19.3 Å². The molecule has 2 fully saturated rings. The number of piperidine rings is 1. The number of hydrogen-bond acceptors (Lipinski definition) is 3. The van der Waals surface area contributed by atoms with Gasteiger partial charge in [0.05, 0.1) is 5.92 Å². The highest BCUT2D eigenvalue weighted by atomic mass is 79.9. The van der Waals surface area contributed by atoms with Crippen LogP contribution < -0.4 is 15.5 Å². The van der Waals surface area contributed by atoms with Crippen molar-refractivity contribution in [1.82, 2.24) is 10.6 Å². The van der Waals surface area contributed by atoms with E-state index in [2.05, 4.69) is 26.6 Å². The first-order chi connectivity index (χ1) is 10.6. The normalized spacial score (nSPS) is 24.2. The average Bonchev–Trinajstić information content (AvgIpc) is 2.90. The molecule has 0 spiro atoms. The number of amides is 2. The fourth-order valence-corrected chi connectivity index (χ4v) is 3.46. The summed E-state index contributed by atoms with van der Waals surface area (Å²) in [5, 5.41) is 6.36. The second kappa shape index (κ2) is 8.13. The van der Waals surface area contributed by atoms with E-state index < -0.39 is 0 Å². The molecule has 5 nitrogen and oxygen atoms in total. The summed E-state index contributed by atoms with van der Waals surface area (Å²) in [6, 6.07) is 7.81. The third-order valence-electron chi connectivity index (χ3n) is 4.26. The van der Waals surface area contributed by atoms with E-state index >= 15 is 0 Å². The fraction of sp³-hybridized carbons (Fsp3) is 0.500. The zero-order valence-corrected chi connectivity index (χ0v) is 15.2. The molecule has 23 heavy (non-hydrogen) atoms. The van der Waals surface area contributed by atoms with E-state index in [1.54, 1.807) is 4.90 Å². The highest BCUT2D eigenvalue weighted by molar-refractivity contribution is 9.10. The van der Waals surface area contributed by atoms with Crippen LogP contribution in [0.5, 0.6) is 0 Å². The lowest BCUT2D eigenvalue weighted by Gasteiger charge is -2.25. The Morgan fingerprint density at radius 1 is 1.39 bits per heavy atom. The molecule has 1 aromatic rings. The van der Waals surface area contributed by atoms with Crippen LogP contribution in [0, 0.1) is 5.92 Å². The van der Waals surface area contributed by atoms with E-state index in [1.165, 1.54) is 0 Å². The van der Waals surface area contributed by atoms with Gasteiger partial charge in [0.15, 0.2) is 0 Å². The summed E-state index contributed by atoms with van der Waals surface area (Å²) in [5.41, 5.74) is 0.842. The molecule has 0 bridgehead atoms. The molecule has 1 unspecified atom stereocenters. The molecule has 2 atom stereocenters. The Labute approximate surface area is 150 Å². The number of carbonyl (C=O) groups excluding carboxylic acids is 2. The van der Waals surface area contributed by atoms with Gasteiger partial charge in [-0.25, -0.2) is 0 Å². The molecule has 2 aliphatic heterocycles. The van der Waals surface area contributed by atoms with E-state index in [0.29, 0.717) is 13.0 Å². The summed E-state index contributed by atoms with van der Waals surface area (Å²) in [6.07, 6.45) is 2.38. The van der Waals surface area contributed by atoms with E-state index in [0.717, 1.165) is 36.1 Å². The molecule has 2 heterocycles. The maximum absolute atomic E-state index is 12.4. The molecular weight excluding hydrogens is 382 g/mol. The lowest BCUT2D eigenvalue weighted by Crippen LogP contribution is -2.47. The highest BCUT2D eigenvalue weighted by Gasteiger charge is 2.35. The van der Waals surface area contributed by atoms with Gasteiger partial charge in [-0.1, -0.05) is 22.0 Å². The highest BCUT2D eigenvalue weighted by Crippen LogP contribution is 2.27. The summed E-state index contributed by atoms with van der Waals surface area (Å²) in [7, 11) is 0. The SMILES string of the molecule is Cl.O=C(N[C@H]1CCCNC1)C1CC(=O)N(c2cccc(Br)c2)C1. The van der Waals surface area contributed by atoms with Gasteiger partial charge in [-0.05, 0) is 37.6 Å². The Balaban J connectivity index is 0.00000192. The number of hydrogen-bond donors (Lipinski definition) is 2. The van der Waals surface area contributed by atoms with Crippen LogP contribution >= 0.6 is 28.3 Å². The van der Waals surface area contributed by atoms with Gasteiger partial charge in [0.1, 0.15) is 0 Å². The van der Waals surface area contributed by atoms with E-state index in [-0.39, 0.29) is 36.2 Å². The third-order valence-corrected chi connectivity index (χ3v) is 4.75. The van der Waals surface area contributed by atoms with Crippen LogP contribution in [0.4, 0.5) is 5.69 Å². The van der Waals surface area contributed by atoms with Crippen molar-refractivity contribution in [2.24, 2.45) is 5.92 Å². The van der Waals surface area contributed by atoms with Gasteiger partial charge in [0, 0.05) is 35.7 Å². The number of halogens is 2. The molecule has 2 saturated heterocycles. The predicted molar refractivity (Wildman–Crippen MR) is 95.9 cm³/mol. The first-order valence-corrected chi connectivity index (χ1v) is 8.50. The second-order valence-electron chi connectivity index (χ2n) is 5.94. The van der Waals surface area contributed by atoms with Gasteiger partial charge < -0.3 is 15.5 Å². The number of nitrogens with zero attached hydrogens (tertiary/aromatic N) is 1. The van der Waals surface area contributed by atoms with Crippen LogP contribution in [-0.4, -0.2) is 37.5 Å². The molecule has 0 radical (unpaired) electrons. The lowest BCUT2D eigenvalue weighted by molar-refractivity contribution is -0.127. The van der Waals surface area contributed by atoms with Crippen molar-refractivity contribution >= 4 is 45.8 Å². The van der Waals surface area contributed by atoms with Gasteiger partial charge >= 0.3 is 0 Å². The van der Waals surface area contributed by atoms with Crippen molar-refractivity contribution in [3.8, 4) is 0 Å². The third kappa shape index (κ3) is 4.46.